The molecule has 4 aromatic rings. The van der Waals surface area contributed by atoms with Crippen LogP contribution in [0.3, 0.4) is 0 Å². The van der Waals surface area contributed by atoms with Crippen LogP contribution in [0.25, 0.3) is 23.1 Å². The Morgan fingerprint density at radius 2 is 2.00 bits per heavy atom. The number of rotatable bonds is 6. The van der Waals surface area contributed by atoms with Gasteiger partial charge in [-0.3, -0.25) is 14.8 Å². The summed E-state index contributed by atoms with van der Waals surface area (Å²) in [4.78, 5) is 15.2. The molecule has 2 aliphatic heterocycles. The molecule has 3 aliphatic rings. The first-order valence-corrected chi connectivity index (χ1v) is 13.1. The third kappa shape index (κ3) is 3.80. The van der Waals surface area contributed by atoms with E-state index >= 15 is 0 Å². The summed E-state index contributed by atoms with van der Waals surface area (Å²) in [6, 6.07) is 20.5. The number of H-pyrrole nitrogens is 1. The number of aromatic nitrogens is 2. The van der Waals surface area contributed by atoms with Crippen molar-refractivity contribution in [3.63, 3.8) is 0 Å². The van der Waals surface area contributed by atoms with Crippen molar-refractivity contribution in [3.05, 3.63) is 88.6 Å². The molecule has 0 bridgehead atoms. The maximum Gasteiger partial charge on any atom is 0.235 e. The number of hydrogen-bond donors (Lipinski definition) is 2. The average Bonchev–Trinajstić information content (AvgIpc) is 3.19. The Balaban J connectivity index is 1.08. The molecule has 2 fully saturated rings. The number of likely N-dealkylation sites (tertiary alicyclic amines) is 1. The summed E-state index contributed by atoms with van der Waals surface area (Å²) in [6.07, 6.45) is 4.82. The molecular formula is C31H29FN4O2. The van der Waals surface area contributed by atoms with Crippen molar-refractivity contribution >= 4 is 34.6 Å². The van der Waals surface area contributed by atoms with Crippen molar-refractivity contribution in [2.75, 3.05) is 25.5 Å². The highest BCUT2D eigenvalue weighted by molar-refractivity contribution is 6.10. The van der Waals surface area contributed by atoms with Gasteiger partial charge in [0.15, 0.2) is 0 Å². The van der Waals surface area contributed by atoms with Gasteiger partial charge in [0.1, 0.15) is 11.9 Å². The summed E-state index contributed by atoms with van der Waals surface area (Å²) in [6.45, 7) is 2.15. The van der Waals surface area contributed by atoms with Crippen molar-refractivity contribution in [3.8, 4) is 5.75 Å². The van der Waals surface area contributed by atoms with E-state index in [1.54, 1.807) is 7.11 Å². The molecule has 1 amide bonds. The van der Waals surface area contributed by atoms with Gasteiger partial charge in [-0.25, -0.2) is 4.39 Å². The van der Waals surface area contributed by atoms with E-state index in [-0.39, 0.29) is 11.8 Å². The van der Waals surface area contributed by atoms with Crippen LogP contribution < -0.4 is 10.1 Å². The number of anilines is 1. The number of nitrogens with zero attached hydrogens (tertiary/aromatic N) is 2. The lowest BCUT2D eigenvalue weighted by Crippen LogP contribution is -2.21. The van der Waals surface area contributed by atoms with E-state index in [1.807, 2.05) is 24.3 Å². The molecule has 38 heavy (non-hydrogen) atoms. The predicted octanol–water partition coefficient (Wildman–Crippen LogP) is 5.66. The highest BCUT2D eigenvalue weighted by Gasteiger charge is 2.65. The molecule has 6 nitrogen and oxygen atoms in total. The Morgan fingerprint density at radius 1 is 1.13 bits per heavy atom. The smallest absolute Gasteiger partial charge is 0.235 e. The Bertz CT molecular complexity index is 1580. The van der Waals surface area contributed by atoms with Gasteiger partial charge in [0.05, 0.1) is 23.7 Å². The van der Waals surface area contributed by atoms with Crippen molar-refractivity contribution < 1.29 is 13.9 Å². The molecule has 3 heterocycles. The van der Waals surface area contributed by atoms with Gasteiger partial charge < -0.3 is 10.1 Å². The summed E-state index contributed by atoms with van der Waals surface area (Å²) in [7, 11) is 1.65. The highest BCUT2D eigenvalue weighted by atomic mass is 19.1. The van der Waals surface area contributed by atoms with Crippen LogP contribution in [-0.2, 0) is 16.8 Å². The molecule has 1 saturated heterocycles. The van der Waals surface area contributed by atoms with Crippen LogP contribution in [0.2, 0.25) is 0 Å². The quantitative estimate of drug-likeness (QED) is 0.353. The molecule has 0 unspecified atom stereocenters. The van der Waals surface area contributed by atoms with Crippen molar-refractivity contribution in [2.24, 2.45) is 0 Å². The van der Waals surface area contributed by atoms with Gasteiger partial charge in [-0.2, -0.15) is 5.10 Å². The maximum absolute atomic E-state index is 13.4. The first-order chi connectivity index (χ1) is 18.5. The molecular weight excluding hydrogens is 479 g/mol. The van der Waals surface area contributed by atoms with Crippen LogP contribution in [0.5, 0.6) is 5.75 Å². The van der Waals surface area contributed by atoms with Crippen LogP contribution >= 0.6 is 0 Å². The Kier molecular flexibility index (Phi) is 5.37. The van der Waals surface area contributed by atoms with E-state index in [0.29, 0.717) is 13.0 Å². The number of carbonyl (C=O) groups excluding carboxylic acids is 1. The van der Waals surface area contributed by atoms with Crippen molar-refractivity contribution in [1.29, 1.82) is 0 Å². The third-order valence-corrected chi connectivity index (χ3v) is 8.37. The summed E-state index contributed by atoms with van der Waals surface area (Å²) in [5.74, 6) is 0.955. The van der Waals surface area contributed by atoms with E-state index in [9.17, 15) is 9.18 Å². The number of alkyl halides is 1. The molecule has 192 valence electrons. The number of ether oxygens (including phenoxy) is 1. The highest BCUT2D eigenvalue weighted by Crippen LogP contribution is 2.65. The van der Waals surface area contributed by atoms with Crippen LogP contribution in [0.1, 0.15) is 46.7 Å². The van der Waals surface area contributed by atoms with E-state index in [0.717, 1.165) is 64.2 Å². The lowest BCUT2D eigenvalue weighted by molar-refractivity contribution is -0.118. The first kappa shape index (κ1) is 23.2. The average molecular weight is 509 g/mol. The summed E-state index contributed by atoms with van der Waals surface area (Å²) < 4.78 is 18.9. The fourth-order valence-corrected chi connectivity index (χ4v) is 6.20. The molecule has 2 N–H and O–H groups in total. The Labute approximate surface area is 220 Å². The predicted molar refractivity (Wildman–Crippen MR) is 147 cm³/mol. The number of halogens is 1. The molecule has 1 aromatic heterocycles. The second-order valence-electron chi connectivity index (χ2n) is 10.7. The van der Waals surface area contributed by atoms with Gasteiger partial charge in [-0.05, 0) is 65.4 Å². The number of aromatic amines is 1. The zero-order chi connectivity index (χ0) is 25.9. The minimum Gasteiger partial charge on any atom is -0.497 e. The van der Waals surface area contributed by atoms with Gasteiger partial charge in [-0.15, -0.1) is 0 Å². The third-order valence-electron chi connectivity index (χ3n) is 8.37. The number of fused-ring (bicyclic) bond motifs is 3. The molecule has 7 rings (SSSR count). The molecule has 3 aromatic carbocycles. The number of nitrogens with one attached hydrogen (secondary N) is 2. The van der Waals surface area contributed by atoms with Gasteiger partial charge >= 0.3 is 0 Å². The number of carbonyl (C=O) groups is 1. The van der Waals surface area contributed by atoms with E-state index < -0.39 is 11.6 Å². The zero-order valence-electron chi connectivity index (χ0n) is 21.2. The standard InChI is InChI=1S/C31H29FN4O2/c1-38-23-8-11-28-25(15-23)31(30(37)33-28)16-26(31)21-7-9-24-27(34-35-29(24)14-21)10-6-19-2-4-20(5-3-19)17-36-13-12-22(32)18-36/h2-11,14-15,22,26H,12-13,16-18H2,1H3,(H,33,37)(H,34,35)/t22-,26+,31+/m1/s1. The van der Waals surface area contributed by atoms with Crippen LogP contribution in [0, 0.1) is 0 Å². The topological polar surface area (TPSA) is 70.2 Å². The number of benzene rings is 3. The SMILES string of the molecule is COc1ccc2c(c1)[C@]1(C[C@H]1c1ccc3c(C=Cc4ccc(CN5CC[C@@H](F)C5)cc4)n[nH]c3c1)C(=O)N2. The monoisotopic (exact) mass is 508 g/mol. The summed E-state index contributed by atoms with van der Waals surface area (Å²) in [5, 5.41) is 11.8. The minimum atomic E-state index is -0.689. The van der Waals surface area contributed by atoms with Gasteiger partial charge in [-0.1, -0.05) is 42.5 Å². The second kappa shape index (κ2) is 8.81. The number of hydrogen-bond acceptors (Lipinski definition) is 4. The minimum absolute atomic E-state index is 0.0668. The Morgan fingerprint density at radius 3 is 2.79 bits per heavy atom. The Hall–Kier alpha value is -3.97. The first-order valence-electron chi connectivity index (χ1n) is 13.1. The van der Waals surface area contributed by atoms with Crippen molar-refractivity contribution in [1.82, 2.24) is 15.1 Å². The molecule has 0 radical (unpaired) electrons. The van der Waals surface area contributed by atoms with Crippen LogP contribution in [0.15, 0.2) is 60.7 Å². The van der Waals surface area contributed by atoms with Crippen LogP contribution in [-0.4, -0.2) is 47.4 Å². The van der Waals surface area contributed by atoms with Crippen LogP contribution in [0.4, 0.5) is 10.1 Å². The van der Waals surface area contributed by atoms with Gasteiger partial charge in [0.2, 0.25) is 5.91 Å². The normalized spacial score (nSPS) is 24.4. The summed E-state index contributed by atoms with van der Waals surface area (Å²) >= 11 is 0. The fourth-order valence-electron chi connectivity index (χ4n) is 6.20. The molecule has 1 spiro atoms. The van der Waals surface area contributed by atoms with E-state index in [1.165, 1.54) is 5.56 Å². The second-order valence-corrected chi connectivity index (χ2v) is 10.7. The number of methoxy groups -OCH3 is 1. The van der Waals surface area contributed by atoms with Gasteiger partial charge in [0.25, 0.3) is 0 Å². The molecule has 1 saturated carbocycles. The lowest BCUT2D eigenvalue weighted by atomic mass is 9.91. The van der Waals surface area contributed by atoms with Gasteiger partial charge in [0, 0.05) is 36.6 Å². The molecule has 3 atom stereocenters. The largest absolute Gasteiger partial charge is 0.497 e. The molecule has 1 aliphatic carbocycles. The number of amides is 1. The fraction of sp³-hybridized carbons (Fsp3) is 0.290. The van der Waals surface area contributed by atoms with E-state index in [2.05, 4.69) is 69.0 Å². The van der Waals surface area contributed by atoms with Crippen molar-refractivity contribution in [2.45, 2.75) is 36.9 Å². The zero-order valence-corrected chi connectivity index (χ0v) is 21.2. The summed E-state index contributed by atoms with van der Waals surface area (Å²) in [5.41, 5.74) is 6.64. The lowest BCUT2D eigenvalue weighted by Gasteiger charge is -2.14. The maximum atomic E-state index is 13.4. The molecule has 7 heteroatoms. The van der Waals surface area contributed by atoms with E-state index in [4.69, 9.17) is 4.74 Å².